The van der Waals surface area contributed by atoms with E-state index in [0.29, 0.717) is 17.4 Å². The molecule has 0 radical (unpaired) electrons. The van der Waals surface area contributed by atoms with Gasteiger partial charge in [0.15, 0.2) is 0 Å². The first kappa shape index (κ1) is 9.72. The summed E-state index contributed by atoms with van der Waals surface area (Å²) in [5.74, 6) is 0.877. The Balaban J connectivity index is 2.28. The molecule has 0 saturated carbocycles. The average molecular weight is 205 g/mol. The van der Waals surface area contributed by atoms with Gasteiger partial charge in [0.1, 0.15) is 12.0 Å². The summed E-state index contributed by atoms with van der Waals surface area (Å²) >= 11 is 0. The molecule has 2 rings (SSSR count). The van der Waals surface area contributed by atoms with Crippen LogP contribution in [0.25, 0.3) is 11.5 Å². The van der Waals surface area contributed by atoms with Crippen LogP contribution in [0, 0.1) is 0 Å². The lowest BCUT2D eigenvalue weighted by atomic mass is 10.2. The first-order valence-corrected chi connectivity index (χ1v) is 4.67. The molecule has 15 heavy (non-hydrogen) atoms. The van der Waals surface area contributed by atoms with E-state index in [1.165, 1.54) is 6.33 Å². The van der Waals surface area contributed by atoms with E-state index in [4.69, 9.17) is 10.3 Å². The molecule has 0 spiro atoms. The lowest BCUT2D eigenvalue weighted by Crippen LogP contribution is -2.08. The summed E-state index contributed by atoms with van der Waals surface area (Å²) < 4.78 is 5.03. The zero-order valence-electron chi connectivity index (χ0n) is 8.29. The highest BCUT2D eigenvalue weighted by molar-refractivity contribution is 5.46. The van der Waals surface area contributed by atoms with Crippen LogP contribution in [0.3, 0.4) is 0 Å². The van der Waals surface area contributed by atoms with Gasteiger partial charge >= 0.3 is 0 Å². The summed E-state index contributed by atoms with van der Waals surface area (Å²) in [6.45, 7) is 1.96. The van der Waals surface area contributed by atoms with Crippen molar-refractivity contribution in [3.05, 3.63) is 24.5 Å². The summed E-state index contributed by atoms with van der Waals surface area (Å²) in [6.07, 6.45) is 3.81. The third-order valence-electron chi connectivity index (χ3n) is 2.01. The van der Waals surface area contributed by atoms with Crippen molar-refractivity contribution < 1.29 is 4.52 Å². The first-order chi connectivity index (χ1) is 7.31. The molecule has 0 saturated heterocycles. The SMILES string of the molecule is CCC(N)c1nc(-c2ccncn2)no1. The standard InChI is InChI=1S/C9H11N5O/c1-2-6(10)9-13-8(14-15-9)7-3-4-11-5-12-7/h3-6H,2,10H2,1H3. The lowest BCUT2D eigenvalue weighted by molar-refractivity contribution is 0.352. The molecule has 2 heterocycles. The maximum absolute atomic E-state index is 5.76. The van der Waals surface area contributed by atoms with Gasteiger partial charge in [0.05, 0.1) is 6.04 Å². The van der Waals surface area contributed by atoms with Crippen molar-refractivity contribution in [1.82, 2.24) is 20.1 Å². The van der Waals surface area contributed by atoms with Crippen LogP contribution in [-0.2, 0) is 0 Å². The van der Waals surface area contributed by atoms with E-state index in [1.807, 2.05) is 6.92 Å². The van der Waals surface area contributed by atoms with Crippen molar-refractivity contribution in [3.8, 4) is 11.5 Å². The third kappa shape index (κ3) is 1.99. The van der Waals surface area contributed by atoms with Crippen molar-refractivity contribution in [2.45, 2.75) is 19.4 Å². The highest BCUT2D eigenvalue weighted by Crippen LogP contribution is 2.16. The second-order valence-electron chi connectivity index (χ2n) is 3.07. The van der Waals surface area contributed by atoms with Gasteiger partial charge in [-0.1, -0.05) is 12.1 Å². The first-order valence-electron chi connectivity index (χ1n) is 4.67. The number of rotatable bonds is 3. The van der Waals surface area contributed by atoms with Crippen LogP contribution >= 0.6 is 0 Å². The Kier molecular flexibility index (Phi) is 2.68. The van der Waals surface area contributed by atoms with Crippen molar-refractivity contribution in [3.63, 3.8) is 0 Å². The second-order valence-corrected chi connectivity index (χ2v) is 3.07. The summed E-state index contributed by atoms with van der Waals surface area (Å²) in [4.78, 5) is 12.0. The maximum Gasteiger partial charge on any atom is 0.243 e. The highest BCUT2D eigenvalue weighted by Gasteiger charge is 2.14. The van der Waals surface area contributed by atoms with Gasteiger partial charge in [0.2, 0.25) is 11.7 Å². The fourth-order valence-electron chi connectivity index (χ4n) is 1.09. The van der Waals surface area contributed by atoms with Gasteiger partial charge in [-0.05, 0) is 12.5 Å². The van der Waals surface area contributed by atoms with E-state index in [0.717, 1.165) is 6.42 Å². The van der Waals surface area contributed by atoms with Gasteiger partial charge in [-0.25, -0.2) is 9.97 Å². The van der Waals surface area contributed by atoms with Crippen LogP contribution in [-0.4, -0.2) is 20.1 Å². The number of hydrogen-bond acceptors (Lipinski definition) is 6. The molecule has 6 nitrogen and oxygen atoms in total. The van der Waals surface area contributed by atoms with Gasteiger partial charge in [-0.15, -0.1) is 0 Å². The minimum atomic E-state index is -0.215. The minimum Gasteiger partial charge on any atom is -0.337 e. The molecule has 0 amide bonds. The Morgan fingerprint density at radius 3 is 3.07 bits per heavy atom. The van der Waals surface area contributed by atoms with E-state index in [1.54, 1.807) is 12.3 Å². The summed E-state index contributed by atoms with van der Waals surface area (Å²) in [6, 6.07) is 1.50. The molecule has 2 aromatic rings. The van der Waals surface area contributed by atoms with Crippen molar-refractivity contribution in [1.29, 1.82) is 0 Å². The van der Waals surface area contributed by atoms with Gasteiger partial charge < -0.3 is 10.3 Å². The quantitative estimate of drug-likeness (QED) is 0.801. The summed E-state index contributed by atoms with van der Waals surface area (Å²) in [7, 11) is 0. The molecule has 1 unspecified atom stereocenters. The number of hydrogen-bond donors (Lipinski definition) is 1. The van der Waals surface area contributed by atoms with E-state index in [9.17, 15) is 0 Å². The normalized spacial score (nSPS) is 12.7. The van der Waals surface area contributed by atoms with E-state index in [2.05, 4.69) is 20.1 Å². The zero-order chi connectivity index (χ0) is 10.7. The molecule has 0 bridgehead atoms. The van der Waals surface area contributed by atoms with Crippen molar-refractivity contribution in [2.24, 2.45) is 5.73 Å². The molecule has 0 aliphatic carbocycles. The van der Waals surface area contributed by atoms with Crippen LogP contribution < -0.4 is 5.73 Å². The van der Waals surface area contributed by atoms with Crippen molar-refractivity contribution in [2.75, 3.05) is 0 Å². The molecule has 6 heteroatoms. The largest absolute Gasteiger partial charge is 0.337 e. The van der Waals surface area contributed by atoms with Crippen LogP contribution in [0.1, 0.15) is 25.3 Å². The zero-order valence-corrected chi connectivity index (χ0v) is 8.29. The fourth-order valence-corrected chi connectivity index (χ4v) is 1.09. The van der Waals surface area contributed by atoms with Crippen molar-refractivity contribution >= 4 is 0 Å². The molecule has 0 aliphatic rings. The van der Waals surface area contributed by atoms with Gasteiger partial charge in [-0.3, -0.25) is 0 Å². The molecule has 78 valence electrons. The average Bonchev–Trinajstić information content (AvgIpc) is 2.78. The molecule has 2 N–H and O–H groups in total. The predicted molar refractivity (Wildman–Crippen MR) is 52.5 cm³/mol. The third-order valence-corrected chi connectivity index (χ3v) is 2.01. The molecular formula is C9H11N5O. The number of nitrogens with zero attached hydrogens (tertiary/aromatic N) is 4. The number of nitrogens with two attached hydrogens (primary N) is 1. The molecule has 0 aromatic carbocycles. The van der Waals surface area contributed by atoms with Crippen LogP contribution in [0.5, 0.6) is 0 Å². The Hall–Kier alpha value is -1.82. The fraction of sp³-hybridized carbons (Fsp3) is 0.333. The smallest absolute Gasteiger partial charge is 0.243 e. The molecule has 0 fully saturated rings. The second kappa shape index (κ2) is 4.14. The predicted octanol–water partition coefficient (Wildman–Crippen LogP) is 0.936. The Bertz CT molecular complexity index is 427. The van der Waals surface area contributed by atoms with Gasteiger partial charge in [0.25, 0.3) is 0 Å². The highest BCUT2D eigenvalue weighted by atomic mass is 16.5. The molecule has 2 aromatic heterocycles. The summed E-state index contributed by atoms with van der Waals surface area (Å²) in [5.41, 5.74) is 6.38. The molecule has 0 aliphatic heterocycles. The molecule has 1 atom stereocenters. The van der Waals surface area contributed by atoms with E-state index in [-0.39, 0.29) is 6.04 Å². The monoisotopic (exact) mass is 205 g/mol. The summed E-state index contributed by atoms with van der Waals surface area (Å²) in [5, 5.41) is 3.80. The Morgan fingerprint density at radius 1 is 1.53 bits per heavy atom. The number of aromatic nitrogens is 4. The van der Waals surface area contributed by atoms with Crippen LogP contribution in [0.4, 0.5) is 0 Å². The maximum atomic E-state index is 5.76. The minimum absolute atomic E-state index is 0.215. The Labute approximate surface area is 86.5 Å². The Morgan fingerprint density at radius 2 is 2.40 bits per heavy atom. The van der Waals surface area contributed by atoms with Crippen LogP contribution in [0.2, 0.25) is 0 Å². The lowest BCUT2D eigenvalue weighted by Gasteiger charge is -1.98. The van der Waals surface area contributed by atoms with Gasteiger partial charge in [0, 0.05) is 6.20 Å². The van der Waals surface area contributed by atoms with E-state index >= 15 is 0 Å². The van der Waals surface area contributed by atoms with E-state index < -0.39 is 0 Å². The van der Waals surface area contributed by atoms with Crippen LogP contribution in [0.15, 0.2) is 23.1 Å². The van der Waals surface area contributed by atoms with Gasteiger partial charge in [-0.2, -0.15) is 4.98 Å². The topological polar surface area (TPSA) is 90.7 Å². The molecular weight excluding hydrogens is 194 g/mol.